The number of carbonyl (C=O) groups is 1. The van der Waals surface area contributed by atoms with Crippen LogP contribution in [0.1, 0.15) is 34.3 Å². The first-order valence-corrected chi connectivity index (χ1v) is 9.57. The molecule has 6 nitrogen and oxygen atoms in total. The highest BCUT2D eigenvalue weighted by molar-refractivity contribution is 8.13. The normalized spacial score (nSPS) is 14.1. The van der Waals surface area contributed by atoms with Crippen LogP contribution in [0.25, 0.3) is 0 Å². The minimum absolute atomic E-state index is 0.0340. The molecule has 27 heavy (non-hydrogen) atoms. The van der Waals surface area contributed by atoms with E-state index in [1.54, 1.807) is 25.2 Å². The van der Waals surface area contributed by atoms with Crippen LogP contribution in [0.15, 0.2) is 69.6 Å². The Bertz CT molecular complexity index is 890. The largest absolute Gasteiger partial charge is 0.387 e. The van der Waals surface area contributed by atoms with Crippen LogP contribution in [0.3, 0.4) is 0 Å². The van der Waals surface area contributed by atoms with E-state index >= 15 is 0 Å². The average molecular weight is 382 g/mol. The van der Waals surface area contributed by atoms with Crippen molar-refractivity contribution in [2.45, 2.75) is 12.8 Å². The van der Waals surface area contributed by atoms with Crippen molar-refractivity contribution in [2.24, 2.45) is 26.4 Å². The third kappa shape index (κ3) is 5.52. The van der Waals surface area contributed by atoms with Gasteiger partial charge in [0.15, 0.2) is 11.0 Å². The van der Waals surface area contributed by atoms with Crippen LogP contribution in [-0.4, -0.2) is 36.0 Å². The molecule has 140 valence electrons. The van der Waals surface area contributed by atoms with Crippen molar-refractivity contribution >= 4 is 34.5 Å². The molecule has 0 spiro atoms. The van der Waals surface area contributed by atoms with Gasteiger partial charge in [-0.2, -0.15) is 9.98 Å². The van der Waals surface area contributed by atoms with Gasteiger partial charge in [-0.25, -0.2) is 0 Å². The first kappa shape index (κ1) is 20.4. The fourth-order valence-electron chi connectivity index (χ4n) is 2.36. The maximum Gasteiger partial charge on any atom is 0.248 e. The Morgan fingerprint density at radius 3 is 2.30 bits per heavy atom. The third-order valence-corrected chi connectivity index (χ3v) is 4.49. The molecule has 0 aliphatic rings. The number of amidine groups is 2. The number of carbonyl (C=O) groups excluding carboxylic acids is 1. The van der Waals surface area contributed by atoms with E-state index in [9.17, 15) is 4.79 Å². The number of guanidine groups is 1. The first-order valence-electron chi connectivity index (χ1n) is 8.35. The van der Waals surface area contributed by atoms with Crippen molar-refractivity contribution in [2.75, 3.05) is 13.3 Å². The van der Waals surface area contributed by atoms with E-state index < -0.39 is 0 Å². The van der Waals surface area contributed by atoms with Gasteiger partial charge >= 0.3 is 0 Å². The van der Waals surface area contributed by atoms with Crippen molar-refractivity contribution in [3.05, 3.63) is 71.3 Å². The number of nitrogens with two attached hydrogens (primary N) is 2. The molecule has 2 rings (SSSR count). The molecular formula is C20H23N5OS. The van der Waals surface area contributed by atoms with Crippen molar-refractivity contribution in [1.29, 1.82) is 0 Å². The van der Waals surface area contributed by atoms with E-state index in [1.165, 1.54) is 11.8 Å². The zero-order chi connectivity index (χ0) is 19.8. The van der Waals surface area contributed by atoms with Crippen LogP contribution in [0.4, 0.5) is 0 Å². The molecule has 0 bridgehead atoms. The van der Waals surface area contributed by atoms with E-state index in [-0.39, 0.29) is 17.7 Å². The number of ketones is 1. The second-order valence-corrected chi connectivity index (χ2v) is 6.58. The zero-order valence-electron chi connectivity index (χ0n) is 15.6. The fourth-order valence-corrected chi connectivity index (χ4v) is 2.53. The number of nitrogens with zero attached hydrogens (tertiary/aromatic N) is 3. The maximum absolute atomic E-state index is 12.7. The van der Waals surface area contributed by atoms with Crippen molar-refractivity contribution in [3.63, 3.8) is 0 Å². The van der Waals surface area contributed by atoms with Gasteiger partial charge in [-0.3, -0.25) is 9.79 Å². The first-order chi connectivity index (χ1) is 13.0. The molecule has 0 saturated carbocycles. The summed E-state index contributed by atoms with van der Waals surface area (Å²) >= 11 is 1.30. The highest BCUT2D eigenvalue weighted by atomic mass is 32.2. The Kier molecular flexibility index (Phi) is 7.31. The van der Waals surface area contributed by atoms with Gasteiger partial charge in [0.1, 0.15) is 5.84 Å². The predicted octanol–water partition coefficient (Wildman–Crippen LogP) is 3.04. The second kappa shape index (κ2) is 9.68. The molecule has 4 N–H and O–H groups in total. The minimum atomic E-state index is -0.212. The summed E-state index contributed by atoms with van der Waals surface area (Å²) in [5.74, 6) is 0.310. The number of thioether (sulfide) groups is 1. The monoisotopic (exact) mass is 381 g/mol. The van der Waals surface area contributed by atoms with Crippen LogP contribution >= 0.6 is 11.8 Å². The summed E-state index contributed by atoms with van der Waals surface area (Å²) in [7, 11) is 1.58. The Hall–Kier alpha value is -2.93. The van der Waals surface area contributed by atoms with E-state index in [1.807, 2.05) is 49.6 Å². The van der Waals surface area contributed by atoms with E-state index in [4.69, 9.17) is 11.5 Å². The molecule has 0 heterocycles. The zero-order valence-corrected chi connectivity index (χ0v) is 16.4. The van der Waals surface area contributed by atoms with Crippen LogP contribution in [0, 0.1) is 0 Å². The Balaban J connectivity index is 2.27. The summed E-state index contributed by atoms with van der Waals surface area (Å²) in [5.41, 5.74) is 14.0. The summed E-state index contributed by atoms with van der Waals surface area (Å²) < 4.78 is 0. The Morgan fingerprint density at radius 1 is 1.00 bits per heavy atom. The number of rotatable bonds is 4. The van der Waals surface area contributed by atoms with E-state index in [0.29, 0.717) is 22.1 Å². The SMILES string of the molecule is CN=C(N=C(N)SC)/N=C(\N)C(C)c1cccc(C(=O)c2ccccc2)c1. The van der Waals surface area contributed by atoms with Crippen molar-refractivity contribution < 1.29 is 4.79 Å². The van der Waals surface area contributed by atoms with Gasteiger partial charge < -0.3 is 11.5 Å². The molecule has 0 aliphatic carbocycles. The molecule has 0 aromatic heterocycles. The van der Waals surface area contributed by atoms with Crippen LogP contribution < -0.4 is 11.5 Å². The lowest BCUT2D eigenvalue weighted by Gasteiger charge is -2.13. The molecule has 0 aliphatic heterocycles. The Morgan fingerprint density at radius 2 is 1.67 bits per heavy atom. The van der Waals surface area contributed by atoms with E-state index in [0.717, 1.165) is 5.56 Å². The summed E-state index contributed by atoms with van der Waals surface area (Å²) in [6, 6.07) is 16.6. The summed E-state index contributed by atoms with van der Waals surface area (Å²) in [6.07, 6.45) is 1.82. The topological polar surface area (TPSA) is 106 Å². The minimum Gasteiger partial charge on any atom is -0.387 e. The van der Waals surface area contributed by atoms with Gasteiger partial charge in [-0.1, -0.05) is 67.2 Å². The molecule has 2 aromatic carbocycles. The summed E-state index contributed by atoms with van der Waals surface area (Å²) in [4.78, 5) is 25.0. The molecule has 1 unspecified atom stereocenters. The van der Waals surface area contributed by atoms with E-state index in [2.05, 4.69) is 15.0 Å². The maximum atomic E-state index is 12.7. The highest BCUT2D eigenvalue weighted by Gasteiger charge is 2.15. The third-order valence-electron chi connectivity index (χ3n) is 3.98. The lowest BCUT2D eigenvalue weighted by atomic mass is 9.95. The molecule has 2 aromatic rings. The van der Waals surface area contributed by atoms with Crippen molar-refractivity contribution in [1.82, 2.24) is 0 Å². The van der Waals surface area contributed by atoms with Gasteiger partial charge in [-0.05, 0) is 17.9 Å². The smallest absolute Gasteiger partial charge is 0.248 e. The van der Waals surface area contributed by atoms with Crippen molar-refractivity contribution in [3.8, 4) is 0 Å². The number of hydrogen-bond acceptors (Lipinski definition) is 3. The van der Waals surface area contributed by atoms with Gasteiger partial charge in [0.05, 0.1) is 0 Å². The fraction of sp³-hybridized carbons (Fsp3) is 0.200. The molecule has 0 radical (unpaired) electrons. The second-order valence-electron chi connectivity index (χ2n) is 5.76. The Labute approximate surface area is 163 Å². The highest BCUT2D eigenvalue weighted by Crippen LogP contribution is 2.19. The lowest BCUT2D eigenvalue weighted by molar-refractivity contribution is 0.103. The van der Waals surface area contributed by atoms with Crippen LogP contribution in [0.5, 0.6) is 0 Å². The average Bonchev–Trinajstić information content (AvgIpc) is 2.72. The summed E-state index contributed by atoms with van der Waals surface area (Å²) in [5, 5.41) is 0.357. The molecule has 0 amide bonds. The number of aliphatic imine (C=N–C) groups is 3. The summed E-state index contributed by atoms with van der Waals surface area (Å²) in [6.45, 7) is 1.92. The number of benzene rings is 2. The van der Waals surface area contributed by atoms with Gasteiger partial charge in [0.2, 0.25) is 5.96 Å². The van der Waals surface area contributed by atoms with Gasteiger partial charge in [0.25, 0.3) is 0 Å². The predicted molar refractivity (Wildman–Crippen MR) is 115 cm³/mol. The molecule has 0 saturated heterocycles. The lowest BCUT2D eigenvalue weighted by Crippen LogP contribution is -2.22. The number of hydrogen-bond donors (Lipinski definition) is 2. The quantitative estimate of drug-likeness (QED) is 0.482. The van der Waals surface area contributed by atoms with Gasteiger partial charge in [-0.15, -0.1) is 0 Å². The molecule has 1 atom stereocenters. The molecule has 7 heteroatoms. The van der Waals surface area contributed by atoms with Gasteiger partial charge in [0, 0.05) is 24.1 Å². The molecular weight excluding hydrogens is 358 g/mol. The standard InChI is InChI=1S/C20H23N5OS/c1-13(18(21)24-20(23-2)25-19(22)27-3)15-10-7-11-16(12-15)17(26)14-8-5-4-6-9-14/h4-13H,1-3H3,(H4,21,22,23,24,25). The van der Waals surface area contributed by atoms with Crippen LogP contribution in [-0.2, 0) is 0 Å². The molecule has 0 fully saturated rings. The van der Waals surface area contributed by atoms with Crippen LogP contribution in [0.2, 0.25) is 0 Å².